The molecule has 1 heteroatoms. The van der Waals surface area contributed by atoms with Crippen molar-refractivity contribution in [2.45, 2.75) is 44.4 Å². The lowest BCUT2D eigenvalue weighted by atomic mass is 10.1. The molecule has 1 atom stereocenters. The maximum absolute atomic E-state index is 2.54. The average molecular weight is 230 g/mol. The second-order valence-electron chi connectivity index (χ2n) is 5.56. The van der Waals surface area contributed by atoms with Gasteiger partial charge in [-0.05, 0) is 16.7 Å². The number of unbranched alkanes of at least 4 members (excludes halogenated alkanes) is 1. The summed E-state index contributed by atoms with van der Waals surface area (Å²) < 4.78 is 0. The molecule has 1 aliphatic carbocycles. The van der Waals surface area contributed by atoms with Gasteiger partial charge in [-0.3, -0.25) is 0 Å². The Balaban J connectivity index is 2.21. The molecule has 16 heavy (non-hydrogen) atoms. The van der Waals surface area contributed by atoms with Gasteiger partial charge < -0.3 is 0 Å². The van der Waals surface area contributed by atoms with E-state index in [2.05, 4.69) is 56.4 Å². The SMILES string of the molecule is CCCC[Si](C)(C)C1C=Cc2ccccc21. The minimum Gasteiger partial charge on any atom is -0.0791 e. The van der Waals surface area contributed by atoms with Gasteiger partial charge in [0.05, 0.1) is 8.07 Å². The fraction of sp³-hybridized carbons (Fsp3) is 0.467. The maximum atomic E-state index is 2.54. The Hall–Kier alpha value is -0.823. The van der Waals surface area contributed by atoms with E-state index in [0.717, 1.165) is 5.54 Å². The van der Waals surface area contributed by atoms with Crippen molar-refractivity contribution in [2.75, 3.05) is 0 Å². The van der Waals surface area contributed by atoms with E-state index in [1.165, 1.54) is 24.4 Å². The van der Waals surface area contributed by atoms with E-state index < -0.39 is 8.07 Å². The number of benzene rings is 1. The molecule has 0 aromatic heterocycles. The highest BCUT2D eigenvalue weighted by atomic mass is 28.3. The number of allylic oxidation sites excluding steroid dienone is 1. The molecule has 86 valence electrons. The summed E-state index contributed by atoms with van der Waals surface area (Å²) in [5.41, 5.74) is 3.77. The summed E-state index contributed by atoms with van der Waals surface area (Å²) in [6, 6.07) is 10.3. The fourth-order valence-corrected chi connectivity index (χ4v) is 6.02. The molecule has 0 N–H and O–H groups in total. The smallest absolute Gasteiger partial charge is 0.0596 e. The van der Waals surface area contributed by atoms with Crippen molar-refractivity contribution in [3.05, 3.63) is 41.5 Å². The first-order valence-corrected chi connectivity index (χ1v) is 9.71. The third-order valence-electron chi connectivity index (χ3n) is 3.82. The van der Waals surface area contributed by atoms with Gasteiger partial charge in [-0.25, -0.2) is 0 Å². The Morgan fingerprint density at radius 3 is 2.69 bits per heavy atom. The van der Waals surface area contributed by atoms with E-state index >= 15 is 0 Å². The molecule has 0 spiro atoms. The molecule has 2 rings (SSSR count). The summed E-state index contributed by atoms with van der Waals surface area (Å²) in [7, 11) is -1.13. The van der Waals surface area contributed by atoms with Crippen LogP contribution in [0.2, 0.25) is 19.1 Å². The molecule has 0 nitrogen and oxygen atoms in total. The lowest BCUT2D eigenvalue weighted by Crippen LogP contribution is -2.33. The van der Waals surface area contributed by atoms with E-state index in [-0.39, 0.29) is 0 Å². The Bertz CT molecular complexity index is 390. The predicted octanol–water partition coefficient (Wildman–Crippen LogP) is 4.84. The predicted molar refractivity (Wildman–Crippen MR) is 75.4 cm³/mol. The second kappa shape index (κ2) is 4.58. The molecule has 0 fully saturated rings. The largest absolute Gasteiger partial charge is 0.0791 e. The summed E-state index contributed by atoms with van der Waals surface area (Å²) >= 11 is 0. The molecule has 0 aliphatic heterocycles. The number of hydrogen-bond acceptors (Lipinski definition) is 0. The van der Waals surface area contributed by atoms with E-state index in [4.69, 9.17) is 0 Å². The Morgan fingerprint density at radius 2 is 1.94 bits per heavy atom. The van der Waals surface area contributed by atoms with Crippen molar-refractivity contribution in [2.24, 2.45) is 0 Å². The van der Waals surface area contributed by atoms with Crippen LogP contribution in [0, 0.1) is 0 Å². The third kappa shape index (κ3) is 2.15. The van der Waals surface area contributed by atoms with Crippen LogP contribution in [0.25, 0.3) is 6.08 Å². The molecule has 0 radical (unpaired) electrons. The quantitative estimate of drug-likeness (QED) is 0.649. The third-order valence-corrected chi connectivity index (χ3v) is 7.65. The normalized spacial score (nSPS) is 18.8. The number of rotatable bonds is 4. The van der Waals surface area contributed by atoms with E-state index in [9.17, 15) is 0 Å². The summed E-state index contributed by atoms with van der Waals surface area (Å²) in [4.78, 5) is 0. The van der Waals surface area contributed by atoms with Crippen LogP contribution in [0.5, 0.6) is 0 Å². The van der Waals surface area contributed by atoms with Gasteiger partial charge in [-0.2, -0.15) is 0 Å². The van der Waals surface area contributed by atoms with Gasteiger partial charge >= 0.3 is 0 Å². The van der Waals surface area contributed by atoms with E-state index in [1.807, 2.05) is 0 Å². The second-order valence-corrected chi connectivity index (χ2v) is 10.7. The molecule has 0 saturated heterocycles. The summed E-state index contributed by atoms with van der Waals surface area (Å²) in [6.07, 6.45) is 7.49. The molecular weight excluding hydrogens is 208 g/mol. The fourth-order valence-electron chi connectivity index (χ4n) is 2.72. The van der Waals surface area contributed by atoms with Crippen LogP contribution in [0.1, 0.15) is 36.4 Å². The van der Waals surface area contributed by atoms with Gasteiger partial charge in [0, 0.05) is 0 Å². The minimum atomic E-state index is -1.13. The van der Waals surface area contributed by atoms with Gasteiger partial charge in [0.2, 0.25) is 0 Å². The Labute approximate surface area is 100 Å². The highest BCUT2D eigenvalue weighted by molar-refractivity contribution is 6.79. The lowest BCUT2D eigenvalue weighted by molar-refractivity contribution is 0.857. The van der Waals surface area contributed by atoms with Crippen LogP contribution in [-0.4, -0.2) is 8.07 Å². The van der Waals surface area contributed by atoms with Gasteiger partial charge in [0.1, 0.15) is 0 Å². The monoisotopic (exact) mass is 230 g/mol. The topological polar surface area (TPSA) is 0 Å². The van der Waals surface area contributed by atoms with Gasteiger partial charge in [0.25, 0.3) is 0 Å². The van der Waals surface area contributed by atoms with Crippen LogP contribution in [0.15, 0.2) is 30.3 Å². The molecule has 0 saturated carbocycles. The van der Waals surface area contributed by atoms with E-state index in [1.54, 1.807) is 5.56 Å². The maximum Gasteiger partial charge on any atom is 0.0596 e. The first-order chi connectivity index (χ1) is 7.65. The summed E-state index contributed by atoms with van der Waals surface area (Å²) in [6.45, 7) is 7.38. The minimum absolute atomic E-state index is 0.746. The molecule has 1 aliphatic rings. The molecule has 0 bridgehead atoms. The van der Waals surface area contributed by atoms with Crippen LogP contribution in [0.3, 0.4) is 0 Å². The van der Waals surface area contributed by atoms with Crippen molar-refractivity contribution < 1.29 is 0 Å². The first-order valence-electron chi connectivity index (χ1n) is 6.42. The molecule has 1 unspecified atom stereocenters. The van der Waals surface area contributed by atoms with Crippen molar-refractivity contribution in [1.29, 1.82) is 0 Å². The zero-order valence-electron chi connectivity index (χ0n) is 10.7. The van der Waals surface area contributed by atoms with Crippen LogP contribution >= 0.6 is 0 Å². The van der Waals surface area contributed by atoms with Gasteiger partial charge in [-0.15, -0.1) is 0 Å². The molecule has 0 amide bonds. The van der Waals surface area contributed by atoms with Crippen LogP contribution in [0.4, 0.5) is 0 Å². The lowest BCUT2D eigenvalue weighted by Gasteiger charge is -2.29. The van der Waals surface area contributed by atoms with Gasteiger partial charge in [0.15, 0.2) is 0 Å². The Kier molecular flexibility index (Phi) is 3.34. The standard InChI is InChI=1S/C15H22Si/c1-4-5-12-16(2,3)15-11-10-13-8-6-7-9-14(13)15/h6-11,15H,4-5,12H2,1-3H3. The first kappa shape index (κ1) is 11.7. The molecule has 1 aromatic rings. The van der Waals surface area contributed by atoms with Crippen molar-refractivity contribution in [1.82, 2.24) is 0 Å². The van der Waals surface area contributed by atoms with Crippen molar-refractivity contribution >= 4 is 14.1 Å². The van der Waals surface area contributed by atoms with E-state index in [0.29, 0.717) is 0 Å². The Morgan fingerprint density at radius 1 is 1.19 bits per heavy atom. The van der Waals surface area contributed by atoms with Crippen LogP contribution < -0.4 is 0 Å². The molecule has 0 heterocycles. The number of hydrogen-bond donors (Lipinski definition) is 0. The van der Waals surface area contributed by atoms with Crippen molar-refractivity contribution in [3.63, 3.8) is 0 Å². The number of fused-ring (bicyclic) bond motifs is 1. The summed E-state index contributed by atoms with van der Waals surface area (Å²) in [5, 5.41) is 0. The zero-order valence-corrected chi connectivity index (χ0v) is 11.7. The average Bonchev–Trinajstić information content (AvgIpc) is 2.71. The molecule has 1 aromatic carbocycles. The summed E-state index contributed by atoms with van der Waals surface area (Å²) in [5.74, 6) is 0. The molecular formula is C15H22Si. The van der Waals surface area contributed by atoms with Crippen molar-refractivity contribution in [3.8, 4) is 0 Å². The zero-order chi connectivity index (χ0) is 11.6. The highest BCUT2D eigenvalue weighted by Crippen LogP contribution is 2.39. The van der Waals surface area contributed by atoms with Gasteiger partial charge in [-0.1, -0.05) is 75.3 Å². The highest BCUT2D eigenvalue weighted by Gasteiger charge is 2.33. The van der Waals surface area contributed by atoms with Crippen LogP contribution in [-0.2, 0) is 0 Å².